The summed E-state index contributed by atoms with van der Waals surface area (Å²) in [6, 6.07) is 15.1. The number of morpholine rings is 1. The van der Waals surface area contributed by atoms with Gasteiger partial charge in [-0.05, 0) is 43.1 Å². The minimum absolute atomic E-state index is 0.0360. The third-order valence-corrected chi connectivity index (χ3v) is 6.31. The molecule has 2 saturated heterocycles. The number of amides is 2. The minimum atomic E-state index is -0.122. The van der Waals surface area contributed by atoms with Crippen molar-refractivity contribution in [3.8, 4) is 0 Å². The highest BCUT2D eigenvalue weighted by Gasteiger charge is 2.28. The molecular formula is C24H28ClN3O3. The highest BCUT2D eigenvalue weighted by atomic mass is 35.5. The fourth-order valence-electron chi connectivity index (χ4n) is 4.23. The number of hydrogen-bond acceptors (Lipinski definition) is 4. The monoisotopic (exact) mass is 441 g/mol. The lowest BCUT2D eigenvalue weighted by molar-refractivity contribution is -0.121. The van der Waals surface area contributed by atoms with Gasteiger partial charge in [-0.25, -0.2) is 0 Å². The second-order valence-electron chi connectivity index (χ2n) is 8.11. The van der Waals surface area contributed by atoms with Crippen LogP contribution in [0, 0.1) is 5.92 Å². The highest BCUT2D eigenvalue weighted by Crippen LogP contribution is 2.24. The van der Waals surface area contributed by atoms with Gasteiger partial charge in [-0.2, -0.15) is 0 Å². The smallest absolute Gasteiger partial charge is 0.256 e. The van der Waals surface area contributed by atoms with Gasteiger partial charge in [0.2, 0.25) is 5.91 Å². The number of halogens is 1. The number of carbonyl (C=O) groups is 2. The predicted molar refractivity (Wildman–Crippen MR) is 121 cm³/mol. The van der Waals surface area contributed by atoms with E-state index in [0.717, 1.165) is 36.5 Å². The van der Waals surface area contributed by atoms with Crippen molar-refractivity contribution in [2.45, 2.75) is 19.4 Å². The molecule has 1 unspecified atom stereocenters. The average molecular weight is 442 g/mol. The van der Waals surface area contributed by atoms with Crippen LogP contribution in [0.5, 0.6) is 0 Å². The van der Waals surface area contributed by atoms with Crippen LogP contribution in [0.2, 0.25) is 5.02 Å². The van der Waals surface area contributed by atoms with Crippen LogP contribution in [-0.2, 0) is 16.1 Å². The Balaban J connectivity index is 1.41. The number of anilines is 1. The van der Waals surface area contributed by atoms with Crippen LogP contribution in [0.15, 0.2) is 48.5 Å². The Hall–Kier alpha value is -2.41. The summed E-state index contributed by atoms with van der Waals surface area (Å²) in [5, 5.41) is 3.78. The van der Waals surface area contributed by atoms with E-state index >= 15 is 0 Å². The third kappa shape index (κ3) is 5.45. The lowest BCUT2D eigenvalue weighted by Crippen LogP contribution is -2.42. The molecule has 0 saturated carbocycles. The lowest BCUT2D eigenvalue weighted by atomic mass is 9.96. The van der Waals surface area contributed by atoms with Crippen LogP contribution < -0.4 is 5.32 Å². The van der Waals surface area contributed by atoms with E-state index in [1.165, 1.54) is 0 Å². The molecule has 2 aliphatic rings. The summed E-state index contributed by atoms with van der Waals surface area (Å²) in [4.78, 5) is 30.1. The molecule has 0 bridgehead atoms. The molecule has 2 aromatic carbocycles. The summed E-state index contributed by atoms with van der Waals surface area (Å²) in [7, 11) is 0. The van der Waals surface area contributed by atoms with Crippen LogP contribution in [0.4, 0.5) is 5.69 Å². The fraction of sp³-hybridized carbons (Fsp3) is 0.417. The average Bonchev–Trinajstić information content (AvgIpc) is 2.81. The summed E-state index contributed by atoms with van der Waals surface area (Å²) in [6.45, 7) is 4.59. The van der Waals surface area contributed by atoms with E-state index in [0.29, 0.717) is 44.1 Å². The summed E-state index contributed by atoms with van der Waals surface area (Å²) in [5.74, 6) is -0.225. The topological polar surface area (TPSA) is 61.9 Å². The largest absolute Gasteiger partial charge is 0.378 e. The molecular weight excluding hydrogens is 414 g/mol. The number of benzene rings is 2. The Morgan fingerprint density at radius 3 is 2.58 bits per heavy atom. The highest BCUT2D eigenvalue weighted by molar-refractivity contribution is 6.31. The first-order valence-corrected chi connectivity index (χ1v) is 11.2. The molecule has 6 nitrogen and oxygen atoms in total. The Morgan fingerprint density at radius 1 is 1.03 bits per heavy atom. The van der Waals surface area contributed by atoms with Crippen molar-refractivity contribution in [3.63, 3.8) is 0 Å². The SMILES string of the molecule is O=C(Nc1ccccc1C(=O)N1CCOCC1)C1CCCN(Cc2ccccc2Cl)C1. The normalized spacial score (nSPS) is 19.8. The number of hydrogen-bond donors (Lipinski definition) is 1. The molecule has 31 heavy (non-hydrogen) atoms. The molecule has 0 spiro atoms. The summed E-state index contributed by atoms with van der Waals surface area (Å²) in [6.07, 6.45) is 1.79. The van der Waals surface area contributed by atoms with E-state index in [-0.39, 0.29) is 17.7 Å². The van der Waals surface area contributed by atoms with Crippen LogP contribution in [0.1, 0.15) is 28.8 Å². The zero-order valence-electron chi connectivity index (χ0n) is 17.6. The number of rotatable bonds is 5. The van der Waals surface area contributed by atoms with Gasteiger partial charge in [0, 0.05) is 31.2 Å². The van der Waals surface area contributed by atoms with Gasteiger partial charge in [0.1, 0.15) is 0 Å². The molecule has 2 aromatic rings. The van der Waals surface area contributed by atoms with Gasteiger partial charge in [0.15, 0.2) is 0 Å². The maximum Gasteiger partial charge on any atom is 0.256 e. The Kier molecular flexibility index (Phi) is 7.22. The summed E-state index contributed by atoms with van der Waals surface area (Å²) < 4.78 is 5.34. The van der Waals surface area contributed by atoms with Crippen molar-refractivity contribution in [1.29, 1.82) is 0 Å². The summed E-state index contributed by atoms with van der Waals surface area (Å²) >= 11 is 6.31. The van der Waals surface area contributed by atoms with Gasteiger partial charge in [-0.3, -0.25) is 14.5 Å². The number of ether oxygens (including phenoxy) is 1. The van der Waals surface area contributed by atoms with Crippen LogP contribution >= 0.6 is 11.6 Å². The number of nitrogens with zero attached hydrogens (tertiary/aromatic N) is 2. The molecule has 164 valence electrons. The second-order valence-corrected chi connectivity index (χ2v) is 8.51. The van der Waals surface area contributed by atoms with Crippen molar-refractivity contribution in [1.82, 2.24) is 9.80 Å². The second kappa shape index (κ2) is 10.3. The molecule has 0 aliphatic carbocycles. The van der Waals surface area contributed by atoms with Crippen molar-refractivity contribution < 1.29 is 14.3 Å². The van der Waals surface area contributed by atoms with Gasteiger partial charge in [0.25, 0.3) is 5.91 Å². The predicted octanol–water partition coefficient (Wildman–Crippen LogP) is 3.66. The quantitative estimate of drug-likeness (QED) is 0.769. The van der Waals surface area contributed by atoms with Crippen molar-refractivity contribution in [3.05, 3.63) is 64.7 Å². The molecule has 2 fully saturated rings. The maximum absolute atomic E-state index is 13.1. The molecule has 2 heterocycles. The lowest BCUT2D eigenvalue weighted by Gasteiger charge is -2.32. The Morgan fingerprint density at radius 2 is 1.77 bits per heavy atom. The molecule has 1 atom stereocenters. The first-order valence-electron chi connectivity index (χ1n) is 10.8. The Bertz CT molecular complexity index is 930. The molecule has 2 aliphatic heterocycles. The molecule has 0 radical (unpaired) electrons. The van der Waals surface area contributed by atoms with Gasteiger partial charge < -0.3 is 15.0 Å². The number of para-hydroxylation sites is 1. The van der Waals surface area contributed by atoms with Crippen LogP contribution in [0.3, 0.4) is 0 Å². The van der Waals surface area contributed by atoms with E-state index < -0.39 is 0 Å². The van der Waals surface area contributed by atoms with E-state index in [9.17, 15) is 9.59 Å². The van der Waals surface area contributed by atoms with Crippen molar-refractivity contribution >= 4 is 29.1 Å². The van der Waals surface area contributed by atoms with Gasteiger partial charge in [-0.1, -0.05) is 41.9 Å². The van der Waals surface area contributed by atoms with E-state index in [4.69, 9.17) is 16.3 Å². The number of piperidine rings is 1. The molecule has 4 rings (SSSR count). The zero-order valence-corrected chi connectivity index (χ0v) is 18.3. The molecule has 2 amide bonds. The van der Waals surface area contributed by atoms with E-state index in [1.54, 1.807) is 17.0 Å². The number of likely N-dealkylation sites (tertiary alicyclic amines) is 1. The van der Waals surface area contributed by atoms with Crippen molar-refractivity contribution in [2.24, 2.45) is 5.92 Å². The third-order valence-electron chi connectivity index (χ3n) is 5.94. The van der Waals surface area contributed by atoms with E-state index in [1.807, 2.05) is 36.4 Å². The van der Waals surface area contributed by atoms with Crippen molar-refractivity contribution in [2.75, 3.05) is 44.7 Å². The number of nitrogens with one attached hydrogen (secondary N) is 1. The van der Waals surface area contributed by atoms with Gasteiger partial charge in [0.05, 0.1) is 30.4 Å². The first-order chi connectivity index (χ1) is 15.1. The minimum Gasteiger partial charge on any atom is -0.378 e. The van der Waals surface area contributed by atoms with Crippen LogP contribution in [0.25, 0.3) is 0 Å². The van der Waals surface area contributed by atoms with Crippen LogP contribution in [-0.4, -0.2) is 61.0 Å². The Labute approximate surface area is 188 Å². The fourth-order valence-corrected chi connectivity index (χ4v) is 4.43. The standard InChI is InChI=1S/C24H28ClN3O3/c25-21-9-3-1-6-18(21)16-27-11-5-7-19(17-27)23(29)26-22-10-4-2-8-20(22)24(30)28-12-14-31-15-13-28/h1-4,6,8-10,19H,5,7,11-17H2,(H,26,29). The van der Waals surface area contributed by atoms with Gasteiger partial charge in [-0.15, -0.1) is 0 Å². The summed E-state index contributed by atoms with van der Waals surface area (Å²) in [5.41, 5.74) is 2.18. The van der Waals surface area contributed by atoms with Gasteiger partial charge >= 0.3 is 0 Å². The maximum atomic E-state index is 13.1. The molecule has 7 heteroatoms. The molecule has 0 aromatic heterocycles. The molecule has 1 N–H and O–H groups in total. The van der Waals surface area contributed by atoms with E-state index in [2.05, 4.69) is 10.2 Å². The number of carbonyl (C=O) groups excluding carboxylic acids is 2. The first kappa shape index (κ1) is 21.8. The zero-order chi connectivity index (χ0) is 21.6.